The molecule has 2 atom stereocenters. The molecular weight excluding hydrogens is 190 g/mol. The van der Waals surface area contributed by atoms with Crippen molar-refractivity contribution in [3.05, 3.63) is 0 Å². The van der Waals surface area contributed by atoms with Crippen molar-refractivity contribution in [3.8, 4) is 12.5 Å². The zero-order valence-electron chi connectivity index (χ0n) is 9.82. The highest BCUT2D eigenvalue weighted by atomic mass is 17.2. The molecular formula is C12H21NO2. The first kappa shape index (κ1) is 12.4. The second-order valence-corrected chi connectivity index (χ2v) is 4.72. The van der Waals surface area contributed by atoms with Crippen LogP contribution in [0, 0.1) is 30.3 Å². The van der Waals surface area contributed by atoms with Crippen molar-refractivity contribution in [1.29, 1.82) is 0 Å². The Bertz CT molecular complexity index is 212. The third kappa shape index (κ3) is 3.73. The summed E-state index contributed by atoms with van der Waals surface area (Å²) in [6.07, 6.45) is 9.42. The number of rotatable bonds is 4. The van der Waals surface area contributed by atoms with E-state index in [4.69, 9.17) is 11.3 Å². The first-order valence-corrected chi connectivity index (χ1v) is 5.62. The third-order valence-electron chi connectivity index (χ3n) is 3.26. The second kappa shape index (κ2) is 5.99. The summed E-state index contributed by atoms with van der Waals surface area (Å²) < 4.78 is 0. The molecule has 3 nitrogen and oxygen atoms in total. The van der Waals surface area contributed by atoms with Gasteiger partial charge in [-0.15, -0.1) is 0 Å². The van der Waals surface area contributed by atoms with Gasteiger partial charge in [-0.05, 0) is 30.6 Å². The van der Waals surface area contributed by atoms with Crippen LogP contribution in [0.3, 0.4) is 0 Å². The fourth-order valence-electron chi connectivity index (χ4n) is 2.82. The quantitative estimate of drug-likeness (QED) is 0.254. The second-order valence-electron chi connectivity index (χ2n) is 4.72. The molecule has 3 heteroatoms. The van der Waals surface area contributed by atoms with Gasteiger partial charge < -0.3 is 0 Å². The number of hydrogen-bond acceptors (Lipinski definition) is 3. The molecule has 0 spiro atoms. The predicted octanol–water partition coefficient (Wildman–Crippen LogP) is 2.14. The zero-order valence-corrected chi connectivity index (χ0v) is 9.82. The first-order chi connectivity index (χ1) is 7.15. The van der Waals surface area contributed by atoms with Crippen molar-refractivity contribution in [1.82, 2.24) is 5.32 Å². The summed E-state index contributed by atoms with van der Waals surface area (Å²) in [7, 11) is 0. The van der Waals surface area contributed by atoms with E-state index in [0.29, 0.717) is 24.6 Å². The van der Waals surface area contributed by atoms with E-state index in [-0.39, 0.29) is 0 Å². The van der Waals surface area contributed by atoms with Gasteiger partial charge in [-0.25, -0.2) is 0 Å². The summed E-state index contributed by atoms with van der Waals surface area (Å²) in [4.78, 5) is 9.14. The molecule has 0 aromatic carbocycles. The van der Waals surface area contributed by atoms with Gasteiger partial charge in [-0.1, -0.05) is 27.2 Å². The Labute approximate surface area is 92.5 Å². The van der Waals surface area contributed by atoms with E-state index < -0.39 is 0 Å². The smallest absolute Gasteiger partial charge is 0.153 e. The fraction of sp³-hybridized carbons (Fsp3) is 0.833. The maximum absolute atomic E-state index is 4.90. The molecule has 1 aliphatic carbocycles. The van der Waals surface area contributed by atoms with Crippen LogP contribution in [0.5, 0.6) is 0 Å². The lowest BCUT2D eigenvalue weighted by molar-refractivity contribution is -0.244. The SMILES string of the molecule is C#COOCNC1C(C)CC(C)CC1C. The minimum Gasteiger partial charge on any atom is -0.288 e. The van der Waals surface area contributed by atoms with Crippen LogP contribution in [0.4, 0.5) is 0 Å². The lowest BCUT2D eigenvalue weighted by Crippen LogP contribution is -2.45. The molecule has 0 bridgehead atoms. The topological polar surface area (TPSA) is 30.5 Å². The van der Waals surface area contributed by atoms with Crippen molar-refractivity contribution >= 4 is 0 Å². The molecule has 0 aromatic heterocycles. The largest absolute Gasteiger partial charge is 0.288 e. The minimum absolute atomic E-state index is 0.359. The van der Waals surface area contributed by atoms with Gasteiger partial charge in [0, 0.05) is 6.04 Å². The Morgan fingerprint density at radius 1 is 1.27 bits per heavy atom. The van der Waals surface area contributed by atoms with Gasteiger partial charge in [0.25, 0.3) is 0 Å². The van der Waals surface area contributed by atoms with Crippen LogP contribution in [0.25, 0.3) is 0 Å². The van der Waals surface area contributed by atoms with Gasteiger partial charge in [0.2, 0.25) is 0 Å². The third-order valence-corrected chi connectivity index (χ3v) is 3.26. The van der Waals surface area contributed by atoms with Crippen LogP contribution in [-0.2, 0) is 9.78 Å². The standard InChI is InChI=1S/C12H21NO2/c1-5-14-15-8-13-12-10(3)6-9(2)7-11(12)4/h1,9-13H,6-8H2,2-4H3. The van der Waals surface area contributed by atoms with E-state index >= 15 is 0 Å². The summed E-state index contributed by atoms with van der Waals surface area (Å²) in [6.45, 7) is 7.25. The molecule has 0 radical (unpaired) electrons. The van der Waals surface area contributed by atoms with Gasteiger partial charge in [0.05, 0.1) is 0 Å². The van der Waals surface area contributed by atoms with Crippen LogP contribution in [0.15, 0.2) is 0 Å². The van der Waals surface area contributed by atoms with E-state index in [1.807, 2.05) is 6.11 Å². The maximum Gasteiger partial charge on any atom is 0.153 e. The van der Waals surface area contributed by atoms with Crippen LogP contribution in [-0.4, -0.2) is 12.8 Å². The van der Waals surface area contributed by atoms with Crippen LogP contribution in [0.1, 0.15) is 33.6 Å². The Balaban J connectivity index is 2.30. The lowest BCUT2D eigenvalue weighted by Gasteiger charge is -2.38. The molecule has 15 heavy (non-hydrogen) atoms. The van der Waals surface area contributed by atoms with E-state index in [2.05, 4.69) is 31.0 Å². The summed E-state index contributed by atoms with van der Waals surface area (Å²) >= 11 is 0. The van der Waals surface area contributed by atoms with Crippen molar-refractivity contribution in [2.45, 2.75) is 39.7 Å². The zero-order chi connectivity index (χ0) is 11.3. The monoisotopic (exact) mass is 211 g/mol. The molecule has 2 unspecified atom stereocenters. The molecule has 0 saturated heterocycles. The van der Waals surface area contributed by atoms with E-state index in [0.717, 1.165) is 5.92 Å². The summed E-state index contributed by atoms with van der Waals surface area (Å²) in [5.41, 5.74) is 0. The molecule has 1 saturated carbocycles. The molecule has 0 aromatic rings. The highest BCUT2D eigenvalue weighted by Gasteiger charge is 2.30. The molecule has 0 amide bonds. The molecule has 1 N–H and O–H groups in total. The Hall–Kier alpha value is -0.720. The number of terminal acetylenes is 1. The average molecular weight is 211 g/mol. The van der Waals surface area contributed by atoms with Gasteiger partial charge in [0.1, 0.15) is 6.73 Å². The lowest BCUT2D eigenvalue weighted by atomic mass is 9.74. The van der Waals surface area contributed by atoms with E-state index in [1.54, 1.807) is 0 Å². The van der Waals surface area contributed by atoms with Crippen LogP contribution in [0.2, 0.25) is 0 Å². The first-order valence-electron chi connectivity index (χ1n) is 5.62. The Kier molecular flexibility index (Phi) is 4.93. The Morgan fingerprint density at radius 3 is 2.40 bits per heavy atom. The number of hydrogen-bond donors (Lipinski definition) is 1. The number of nitrogens with one attached hydrogen (secondary N) is 1. The molecule has 0 heterocycles. The highest BCUT2D eigenvalue weighted by molar-refractivity contribution is 4.85. The van der Waals surface area contributed by atoms with Gasteiger partial charge in [-0.3, -0.25) is 10.2 Å². The van der Waals surface area contributed by atoms with Crippen molar-refractivity contribution in [3.63, 3.8) is 0 Å². The average Bonchev–Trinajstić information content (AvgIpc) is 2.15. The van der Waals surface area contributed by atoms with E-state index in [9.17, 15) is 0 Å². The van der Waals surface area contributed by atoms with Crippen molar-refractivity contribution < 1.29 is 9.78 Å². The Morgan fingerprint density at radius 2 is 1.87 bits per heavy atom. The highest BCUT2D eigenvalue weighted by Crippen LogP contribution is 2.32. The van der Waals surface area contributed by atoms with Crippen LogP contribution < -0.4 is 5.32 Å². The molecule has 1 fully saturated rings. The van der Waals surface area contributed by atoms with E-state index in [1.165, 1.54) is 12.8 Å². The van der Waals surface area contributed by atoms with Crippen molar-refractivity contribution in [2.75, 3.05) is 6.73 Å². The minimum atomic E-state index is 0.359. The maximum atomic E-state index is 4.90. The molecule has 0 aliphatic heterocycles. The molecule has 86 valence electrons. The van der Waals surface area contributed by atoms with Gasteiger partial charge in [0.15, 0.2) is 6.11 Å². The van der Waals surface area contributed by atoms with Crippen molar-refractivity contribution in [2.24, 2.45) is 17.8 Å². The van der Waals surface area contributed by atoms with Gasteiger partial charge >= 0.3 is 0 Å². The predicted molar refractivity (Wildman–Crippen MR) is 59.5 cm³/mol. The fourth-order valence-corrected chi connectivity index (χ4v) is 2.82. The molecule has 1 rings (SSSR count). The summed E-state index contributed by atoms with van der Waals surface area (Å²) in [6, 6.07) is 0.502. The summed E-state index contributed by atoms with van der Waals surface area (Å²) in [5.74, 6) is 2.19. The van der Waals surface area contributed by atoms with Gasteiger partial charge in [-0.2, -0.15) is 4.89 Å². The van der Waals surface area contributed by atoms with Crippen LogP contribution >= 0.6 is 0 Å². The summed E-state index contributed by atoms with van der Waals surface area (Å²) in [5, 5.41) is 3.33. The molecule has 1 aliphatic rings. The normalized spacial score (nSPS) is 35.9.